The monoisotopic (exact) mass is 348 g/mol. The molecule has 0 amide bonds. The minimum absolute atomic E-state index is 0.0547. The number of para-hydroxylation sites is 1. The van der Waals surface area contributed by atoms with Crippen LogP contribution in [0.2, 0.25) is 0 Å². The molecule has 0 aliphatic carbocycles. The highest BCUT2D eigenvalue weighted by Crippen LogP contribution is 2.18. The van der Waals surface area contributed by atoms with Gasteiger partial charge in [-0.25, -0.2) is 8.78 Å². The van der Waals surface area contributed by atoms with Crippen LogP contribution in [0, 0.1) is 11.6 Å². The van der Waals surface area contributed by atoms with Crippen molar-refractivity contribution in [3.63, 3.8) is 0 Å². The zero-order valence-electron chi connectivity index (χ0n) is 13.9. The van der Waals surface area contributed by atoms with Gasteiger partial charge in [-0.05, 0) is 36.4 Å². The molecule has 1 N–H and O–H groups in total. The van der Waals surface area contributed by atoms with Crippen molar-refractivity contribution in [1.29, 1.82) is 0 Å². The average Bonchev–Trinajstić information content (AvgIpc) is 2.62. The van der Waals surface area contributed by atoms with E-state index in [4.69, 9.17) is 4.74 Å². The molecule has 6 heteroatoms. The molecule has 0 bridgehead atoms. The van der Waals surface area contributed by atoms with E-state index in [1.54, 1.807) is 30.3 Å². The molecule has 0 aromatic heterocycles. The largest absolute Gasteiger partial charge is 0.488 e. The van der Waals surface area contributed by atoms with Crippen LogP contribution in [-0.4, -0.2) is 55.4 Å². The third kappa shape index (κ3) is 4.90. The van der Waals surface area contributed by atoms with E-state index in [9.17, 15) is 13.9 Å². The molecule has 1 aliphatic rings. The number of rotatable bonds is 6. The number of aliphatic hydroxyl groups is 1. The molecule has 4 nitrogen and oxygen atoms in total. The van der Waals surface area contributed by atoms with Crippen LogP contribution < -0.4 is 9.64 Å². The molecule has 2 aromatic carbocycles. The summed E-state index contributed by atoms with van der Waals surface area (Å²) in [6.07, 6.45) is -0.683. The zero-order valence-corrected chi connectivity index (χ0v) is 13.9. The molecule has 25 heavy (non-hydrogen) atoms. The zero-order chi connectivity index (χ0) is 17.6. The molecule has 1 saturated heterocycles. The summed E-state index contributed by atoms with van der Waals surface area (Å²) in [5.74, 6) is -0.509. The van der Waals surface area contributed by atoms with Crippen LogP contribution in [0.3, 0.4) is 0 Å². The lowest BCUT2D eigenvalue weighted by Gasteiger charge is -2.36. The number of hydrogen-bond acceptors (Lipinski definition) is 4. The van der Waals surface area contributed by atoms with E-state index < -0.39 is 11.9 Å². The smallest absolute Gasteiger partial charge is 0.165 e. The van der Waals surface area contributed by atoms with Crippen molar-refractivity contribution >= 4 is 5.69 Å². The van der Waals surface area contributed by atoms with Crippen molar-refractivity contribution in [1.82, 2.24) is 4.90 Å². The van der Waals surface area contributed by atoms with Gasteiger partial charge in [0.1, 0.15) is 18.5 Å². The minimum atomic E-state index is -0.683. The summed E-state index contributed by atoms with van der Waals surface area (Å²) in [6, 6.07) is 12.7. The standard InChI is InChI=1S/C19H22F2N2O2/c20-15-5-7-16(8-6-15)23-11-9-22(10-12-23)13-17(24)14-25-19-4-2-1-3-18(19)21/h1-8,17,24H,9-14H2/t17-/m0/s1. The third-order valence-corrected chi connectivity index (χ3v) is 4.30. The number of benzene rings is 2. The van der Waals surface area contributed by atoms with Gasteiger partial charge in [0.2, 0.25) is 0 Å². The highest BCUT2D eigenvalue weighted by atomic mass is 19.1. The average molecular weight is 348 g/mol. The number of anilines is 1. The summed E-state index contributed by atoms with van der Waals surface area (Å²) in [4.78, 5) is 4.34. The quantitative estimate of drug-likeness (QED) is 0.870. The summed E-state index contributed by atoms with van der Waals surface area (Å²) >= 11 is 0. The SMILES string of the molecule is O[C@H](COc1ccccc1F)CN1CCN(c2ccc(F)cc2)CC1. The third-order valence-electron chi connectivity index (χ3n) is 4.30. The molecule has 0 radical (unpaired) electrons. The Kier molecular flexibility index (Phi) is 5.83. The van der Waals surface area contributed by atoms with Crippen LogP contribution in [-0.2, 0) is 0 Å². The van der Waals surface area contributed by atoms with Crippen LogP contribution >= 0.6 is 0 Å². The first-order chi connectivity index (χ1) is 12.1. The Balaban J connectivity index is 1.42. The highest BCUT2D eigenvalue weighted by molar-refractivity contribution is 5.46. The van der Waals surface area contributed by atoms with Gasteiger partial charge in [0.15, 0.2) is 11.6 Å². The molecule has 1 heterocycles. The van der Waals surface area contributed by atoms with Crippen LogP contribution in [0.5, 0.6) is 5.75 Å². The first-order valence-corrected chi connectivity index (χ1v) is 8.40. The predicted molar refractivity (Wildman–Crippen MR) is 93.0 cm³/mol. The summed E-state index contributed by atoms with van der Waals surface area (Å²) < 4.78 is 31.8. The summed E-state index contributed by atoms with van der Waals surface area (Å²) in [6.45, 7) is 3.76. The van der Waals surface area contributed by atoms with Crippen molar-refractivity contribution < 1.29 is 18.6 Å². The number of hydrogen-bond donors (Lipinski definition) is 1. The van der Waals surface area contributed by atoms with Gasteiger partial charge in [-0.15, -0.1) is 0 Å². The van der Waals surface area contributed by atoms with Crippen molar-refractivity contribution in [2.45, 2.75) is 6.10 Å². The second kappa shape index (κ2) is 8.27. The molecule has 0 spiro atoms. The second-order valence-electron chi connectivity index (χ2n) is 6.16. The van der Waals surface area contributed by atoms with Crippen molar-refractivity contribution in [2.75, 3.05) is 44.2 Å². The number of ether oxygens (including phenoxy) is 1. The topological polar surface area (TPSA) is 35.9 Å². The second-order valence-corrected chi connectivity index (χ2v) is 6.16. The lowest BCUT2D eigenvalue weighted by Crippen LogP contribution is -2.49. The van der Waals surface area contributed by atoms with E-state index in [0.29, 0.717) is 6.54 Å². The molecule has 1 atom stereocenters. The molecule has 2 aromatic rings. The van der Waals surface area contributed by atoms with Gasteiger partial charge in [0.05, 0.1) is 0 Å². The summed E-state index contributed by atoms with van der Waals surface area (Å²) in [5, 5.41) is 10.1. The summed E-state index contributed by atoms with van der Waals surface area (Å²) in [7, 11) is 0. The fourth-order valence-corrected chi connectivity index (χ4v) is 2.94. The van der Waals surface area contributed by atoms with E-state index >= 15 is 0 Å². The highest BCUT2D eigenvalue weighted by Gasteiger charge is 2.20. The van der Waals surface area contributed by atoms with Gasteiger partial charge >= 0.3 is 0 Å². The Morgan fingerprint density at radius 1 is 0.960 bits per heavy atom. The summed E-state index contributed by atoms with van der Waals surface area (Å²) in [5.41, 5.74) is 1.00. The van der Waals surface area contributed by atoms with E-state index in [-0.39, 0.29) is 18.2 Å². The van der Waals surface area contributed by atoms with Crippen LogP contribution in [0.1, 0.15) is 0 Å². The van der Waals surface area contributed by atoms with Crippen molar-refractivity contribution in [3.8, 4) is 5.75 Å². The first kappa shape index (κ1) is 17.6. The van der Waals surface area contributed by atoms with Gasteiger partial charge in [0.25, 0.3) is 0 Å². The number of β-amino-alcohol motifs (C(OH)–C–C–N with tert-alkyl or cyclic N) is 1. The minimum Gasteiger partial charge on any atom is -0.488 e. The number of aliphatic hydroxyl groups excluding tert-OH is 1. The van der Waals surface area contributed by atoms with Crippen molar-refractivity contribution in [3.05, 3.63) is 60.2 Å². The molecule has 134 valence electrons. The molecule has 1 fully saturated rings. The number of piperazine rings is 1. The Morgan fingerprint density at radius 3 is 2.32 bits per heavy atom. The van der Waals surface area contributed by atoms with Crippen molar-refractivity contribution in [2.24, 2.45) is 0 Å². The van der Waals surface area contributed by atoms with E-state index in [2.05, 4.69) is 9.80 Å². The number of nitrogens with zero attached hydrogens (tertiary/aromatic N) is 2. The maximum atomic E-state index is 13.5. The van der Waals surface area contributed by atoms with Gasteiger partial charge < -0.3 is 14.7 Å². The van der Waals surface area contributed by atoms with E-state index in [1.165, 1.54) is 18.2 Å². The van der Waals surface area contributed by atoms with Gasteiger partial charge in [-0.1, -0.05) is 12.1 Å². The Hall–Kier alpha value is -2.18. The maximum Gasteiger partial charge on any atom is 0.165 e. The van der Waals surface area contributed by atoms with E-state index in [0.717, 1.165) is 31.9 Å². The molecule has 1 aliphatic heterocycles. The van der Waals surface area contributed by atoms with Gasteiger partial charge in [0, 0.05) is 38.4 Å². The normalized spacial score (nSPS) is 16.7. The van der Waals surface area contributed by atoms with Gasteiger partial charge in [-0.2, -0.15) is 0 Å². The molecular formula is C19H22F2N2O2. The maximum absolute atomic E-state index is 13.5. The van der Waals surface area contributed by atoms with Crippen LogP contribution in [0.15, 0.2) is 48.5 Å². The predicted octanol–water partition coefficient (Wildman–Crippen LogP) is 2.53. The Bertz CT molecular complexity index is 673. The Labute approximate surface area is 146 Å². The fourth-order valence-electron chi connectivity index (χ4n) is 2.94. The molecular weight excluding hydrogens is 326 g/mol. The molecule has 0 saturated carbocycles. The van der Waals surface area contributed by atoms with Crippen LogP contribution in [0.4, 0.5) is 14.5 Å². The molecule has 0 unspecified atom stereocenters. The van der Waals surface area contributed by atoms with Crippen LogP contribution in [0.25, 0.3) is 0 Å². The lowest BCUT2D eigenvalue weighted by atomic mass is 10.2. The first-order valence-electron chi connectivity index (χ1n) is 8.40. The Morgan fingerprint density at radius 2 is 1.64 bits per heavy atom. The molecule has 3 rings (SSSR count). The van der Waals surface area contributed by atoms with E-state index in [1.807, 2.05) is 0 Å². The fraction of sp³-hybridized carbons (Fsp3) is 0.368. The number of halogens is 2. The lowest BCUT2D eigenvalue weighted by molar-refractivity contribution is 0.0649. The van der Waals surface area contributed by atoms with Gasteiger partial charge in [-0.3, -0.25) is 4.90 Å².